The van der Waals surface area contributed by atoms with Crippen molar-refractivity contribution in [2.75, 3.05) is 26.4 Å². The fraction of sp³-hybridized carbons (Fsp3) is 0.591. The molecule has 8 heteroatoms. The Morgan fingerprint density at radius 1 is 1.20 bits per heavy atom. The molecule has 0 aliphatic heterocycles. The van der Waals surface area contributed by atoms with Crippen LogP contribution in [0.25, 0.3) is 0 Å². The maximum atomic E-state index is 4.41. The number of hydrogen-bond donors (Lipinski definition) is 2. The van der Waals surface area contributed by atoms with Gasteiger partial charge in [-0.25, -0.2) is 0 Å². The highest BCUT2D eigenvalue weighted by Crippen LogP contribution is 2.51. The summed E-state index contributed by atoms with van der Waals surface area (Å²) in [4.78, 5) is 5.74. The predicted molar refractivity (Wildman–Crippen MR) is 129 cm³/mol. The minimum Gasteiger partial charge on any atom is -0.356 e. The number of hydrogen-bond acceptors (Lipinski definition) is 5. The minimum atomic E-state index is 0.306. The Labute approximate surface area is 189 Å². The first-order valence-corrected chi connectivity index (χ1v) is 12.7. The van der Waals surface area contributed by atoms with E-state index in [-0.39, 0.29) is 0 Å². The molecule has 0 radical (unpaired) electrons. The van der Waals surface area contributed by atoms with E-state index >= 15 is 0 Å². The summed E-state index contributed by atoms with van der Waals surface area (Å²) in [6.45, 7) is 7.23. The van der Waals surface area contributed by atoms with Gasteiger partial charge in [-0.15, -0.1) is 22.0 Å². The van der Waals surface area contributed by atoms with Crippen LogP contribution in [0.5, 0.6) is 0 Å². The first-order valence-electron chi connectivity index (χ1n) is 10.7. The normalized spacial score (nSPS) is 15.4. The van der Waals surface area contributed by atoms with E-state index in [0.29, 0.717) is 10.7 Å². The number of thioether (sulfide) groups is 2. The van der Waals surface area contributed by atoms with Crippen LogP contribution < -0.4 is 10.6 Å². The van der Waals surface area contributed by atoms with Gasteiger partial charge in [-0.2, -0.15) is 0 Å². The molecule has 2 aromatic rings. The molecule has 0 spiro atoms. The average molecular weight is 447 g/mol. The standard InChI is InChI=1S/C22H34N6S2/c1-17(2)15-28-19(26-27-21(28)29-4)11-8-14-24-20(23-3)25-16-22(12-13-22)30-18-9-6-5-7-10-18/h5-7,9-10,17H,8,11-16H2,1-4H3,(H2,23,24,25). The van der Waals surface area contributed by atoms with E-state index in [1.807, 2.05) is 18.8 Å². The summed E-state index contributed by atoms with van der Waals surface area (Å²) in [6, 6.07) is 10.7. The lowest BCUT2D eigenvalue weighted by molar-refractivity contribution is 0.477. The van der Waals surface area contributed by atoms with Gasteiger partial charge in [-0.05, 0) is 43.6 Å². The van der Waals surface area contributed by atoms with Crippen molar-refractivity contribution in [3.63, 3.8) is 0 Å². The minimum absolute atomic E-state index is 0.306. The maximum absolute atomic E-state index is 4.41. The van der Waals surface area contributed by atoms with E-state index in [4.69, 9.17) is 0 Å². The zero-order valence-electron chi connectivity index (χ0n) is 18.5. The Kier molecular flexibility index (Phi) is 8.50. The maximum Gasteiger partial charge on any atom is 0.191 e. The second kappa shape index (κ2) is 11.1. The number of nitrogens with zero attached hydrogens (tertiary/aromatic N) is 4. The van der Waals surface area contributed by atoms with Gasteiger partial charge in [-0.3, -0.25) is 4.99 Å². The van der Waals surface area contributed by atoms with Crippen LogP contribution in [0.4, 0.5) is 0 Å². The largest absolute Gasteiger partial charge is 0.356 e. The number of nitrogens with one attached hydrogen (secondary N) is 2. The van der Waals surface area contributed by atoms with Gasteiger partial charge < -0.3 is 15.2 Å². The molecule has 2 N–H and O–H groups in total. The van der Waals surface area contributed by atoms with Crippen molar-refractivity contribution < 1.29 is 0 Å². The van der Waals surface area contributed by atoms with Gasteiger partial charge in [0.1, 0.15) is 5.82 Å². The summed E-state index contributed by atoms with van der Waals surface area (Å²) in [5, 5.41) is 16.7. The highest BCUT2D eigenvalue weighted by Gasteiger charge is 2.43. The molecule has 1 aliphatic rings. The second-order valence-corrected chi connectivity index (χ2v) is 10.5. The van der Waals surface area contributed by atoms with Crippen LogP contribution in [0.15, 0.2) is 45.4 Å². The third-order valence-electron chi connectivity index (χ3n) is 5.08. The lowest BCUT2D eigenvalue weighted by Gasteiger charge is -2.18. The third-order valence-corrected chi connectivity index (χ3v) is 7.24. The summed E-state index contributed by atoms with van der Waals surface area (Å²) in [5.41, 5.74) is 0. The molecule has 0 saturated heterocycles. The molecule has 0 atom stereocenters. The van der Waals surface area contributed by atoms with E-state index in [9.17, 15) is 0 Å². The van der Waals surface area contributed by atoms with Crippen molar-refractivity contribution in [1.29, 1.82) is 0 Å². The molecule has 1 aromatic carbocycles. The van der Waals surface area contributed by atoms with Crippen molar-refractivity contribution in [3.8, 4) is 0 Å². The molecule has 1 fully saturated rings. The van der Waals surface area contributed by atoms with Crippen LogP contribution in [-0.2, 0) is 13.0 Å². The summed E-state index contributed by atoms with van der Waals surface area (Å²) >= 11 is 3.64. The van der Waals surface area contributed by atoms with Gasteiger partial charge in [0.2, 0.25) is 0 Å². The van der Waals surface area contributed by atoms with E-state index < -0.39 is 0 Å². The van der Waals surface area contributed by atoms with Crippen molar-refractivity contribution in [2.45, 2.75) is 60.9 Å². The van der Waals surface area contributed by atoms with Gasteiger partial charge in [-0.1, -0.05) is 43.8 Å². The van der Waals surface area contributed by atoms with Crippen molar-refractivity contribution in [2.24, 2.45) is 10.9 Å². The van der Waals surface area contributed by atoms with Crippen molar-refractivity contribution in [3.05, 3.63) is 36.2 Å². The first kappa shape index (κ1) is 23.0. The van der Waals surface area contributed by atoms with Gasteiger partial charge in [0, 0.05) is 42.7 Å². The molecule has 30 heavy (non-hydrogen) atoms. The number of benzene rings is 1. The summed E-state index contributed by atoms with van der Waals surface area (Å²) in [5.74, 6) is 2.53. The van der Waals surface area contributed by atoms with Crippen LogP contribution in [0.3, 0.4) is 0 Å². The van der Waals surface area contributed by atoms with Crippen LogP contribution in [0, 0.1) is 5.92 Å². The zero-order valence-corrected chi connectivity index (χ0v) is 20.2. The lowest BCUT2D eigenvalue weighted by atomic mass is 10.2. The second-order valence-electron chi connectivity index (χ2n) is 8.16. The smallest absolute Gasteiger partial charge is 0.191 e. The third kappa shape index (κ3) is 6.67. The van der Waals surface area contributed by atoms with E-state index in [1.165, 1.54) is 17.7 Å². The highest BCUT2D eigenvalue weighted by molar-refractivity contribution is 8.01. The van der Waals surface area contributed by atoms with Gasteiger partial charge in [0.15, 0.2) is 11.1 Å². The van der Waals surface area contributed by atoms with Gasteiger partial charge >= 0.3 is 0 Å². The first-order chi connectivity index (χ1) is 14.5. The molecule has 6 nitrogen and oxygen atoms in total. The Bertz CT molecular complexity index is 814. The van der Waals surface area contributed by atoms with Crippen LogP contribution >= 0.6 is 23.5 Å². The summed E-state index contributed by atoms with van der Waals surface area (Å²) < 4.78 is 2.57. The Morgan fingerprint density at radius 2 is 1.97 bits per heavy atom. The molecule has 1 aliphatic carbocycles. The SMILES string of the molecule is CN=C(NCCCc1nnc(SC)n1CC(C)C)NCC1(Sc2ccccc2)CC1. The number of aliphatic imine (C=N–C) groups is 1. The van der Waals surface area contributed by atoms with E-state index in [2.05, 4.69) is 80.8 Å². The fourth-order valence-corrected chi connectivity index (χ4v) is 5.08. The quantitative estimate of drug-likeness (QED) is 0.235. The molecule has 164 valence electrons. The molecule has 1 saturated carbocycles. The molecular formula is C22H34N6S2. The summed E-state index contributed by atoms with van der Waals surface area (Å²) in [6.07, 6.45) is 6.47. The lowest BCUT2D eigenvalue weighted by Crippen LogP contribution is -2.41. The molecule has 0 amide bonds. The average Bonchev–Trinajstić information content (AvgIpc) is 3.40. The van der Waals surface area contributed by atoms with Crippen LogP contribution in [-0.4, -0.2) is 51.9 Å². The van der Waals surface area contributed by atoms with Gasteiger partial charge in [0.25, 0.3) is 0 Å². The predicted octanol–water partition coefficient (Wildman–Crippen LogP) is 4.08. The molecule has 1 aromatic heterocycles. The van der Waals surface area contributed by atoms with E-state index in [1.54, 1.807) is 11.8 Å². The number of rotatable bonds is 11. The number of guanidine groups is 1. The van der Waals surface area contributed by atoms with Gasteiger partial charge in [0.05, 0.1) is 0 Å². The monoisotopic (exact) mass is 446 g/mol. The summed E-state index contributed by atoms with van der Waals surface area (Å²) in [7, 11) is 1.84. The Hall–Kier alpha value is -1.67. The molecule has 0 unspecified atom stereocenters. The van der Waals surface area contributed by atoms with Crippen molar-refractivity contribution >= 4 is 29.5 Å². The van der Waals surface area contributed by atoms with Crippen molar-refractivity contribution in [1.82, 2.24) is 25.4 Å². The molecular weight excluding hydrogens is 412 g/mol. The molecule has 3 rings (SSSR count). The fourth-order valence-electron chi connectivity index (χ4n) is 3.32. The zero-order chi connectivity index (χ0) is 21.4. The molecule has 0 bridgehead atoms. The Balaban J connectivity index is 1.42. The molecule has 1 heterocycles. The topological polar surface area (TPSA) is 67.1 Å². The number of aromatic nitrogens is 3. The van der Waals surface area contributed by atoms with Crippen LogP contribution in [0.1, 0.15) is 38.9 Å². The number of aryl methyl sites for hydroxylation is 1. The van der Waals surface area contributed by atoms with E-state index in [0.717, 1.165) is 49.4 Å². The highest BCUT2D eigenvalue weighted by atomic mass is 32.2. The van der Waals surface area contributed by atoms with Crippen LogP contribution in [0.2, 0.25) is 0 Å². The Morgan fingerprint density at radius 3 is 2.60 bits per heavy atom.